The Labute approximate surface area is 102 Å². The van der Waals surface area contributed by atoms with Crippen molar-refractivity contribution in [3.8, 4) is 0 Å². The van der Waals surface area contributed by atoms with Crippen molar-refractivity contribution in [1.82, 2.24) is 4.57 Å². The molecule has 16 heavy (non-hydrogen) atoms. The van der Waals surface area contributed by atoms with Gasteiger partial charge in [-0.2, -0.15) is 0 Å². The first kappa shape index (κ1) is 11.2. The predicted octanol–water partition coefficient (Wildman–Crippen LogP) is 3.05. The van der Waals surface area contributed by atoms with Crippen molar-refractivity contribution < 1.29 is 9.90 Å². The lowest BCUT2D eigenvalue weighted by Gasteiger charge is -2.00. The summed E-state index contributed by atoms with van der Waals surface area (Å²) in [5, 5.41) is 9.88. The molecule has 84 valence electrons. The molecule has 1 aromatic carbocycles. The highest BCUT2D eigenvalue weighted by Gasteiger charge is 2.12. The van der Waals surface area contributed by atoms with Gasteiger partial charge in [-0.15, -0.1) is 0 Å². The second kappa shape index (κ2) is 4.29. The largest absolute Gasteiger partial charge is 0.481 e. The number of carbonyl (C=O) groups is 1. The molecule has 0 amide bonds. The minimum atomic E-state index is -0.800. The van der Waals surface area contributed by atoms with Gasteiger partial charge in [-0.25, -0.2) is 0 Å². The molecular weight excluding hydrogens is 270 g/mol. The standard InChI is InChI=1S/C12H12BrNO2/c1-2-14-7-8(6-11(15)16)12-9(13)4-3-5-10(12)14/h3-5,7H,2,6H2,1H3,(H,15,16). The monoisotopic (exact) mass is 281 g/mol. The van der Waals surface area contributed by atoms with Crippen LogP contribution in [0.5, 0.6) is 0 Å². The molecule has 0 atom stereocenters. The number of halogens is 1. The molecular formula is C12H12BrNO2. The van der Waals surface area contributed by atoms with Gasteiger partial charge in [-0.1, -0.05) is 22.0 Å². The van der Waals surface area contributed by atoms with E-state index < -0.39 is 5.97 Å². The van der Waals surface area contributed by atoms with Crippen molar-refractivity contribution >= 4 is 32.8 Å². The van der Waals surface area contributed by atoms with E-state index in [0.29, 0.717) is 0 Å². The quantitative estimate of drug-likeness (QED) is 0.940. The summed E-state index contributed by atoms with van der Waals surface area (Å²) in [4.78, 5) is 10.8. The molecule has 4 heteroatoms. The van der Waals surface area contributed by atoms with Gasteiger partial charge in [0.2, 0.25) is 0 Å². The average molecular weight is 282 g/mol. The lowest BCUT2D eigenvalue weighted by atomic mass is 10.1. The number of aromatic nitrogens is 1. The maximum Gasteiger partial charge on any atom is 0.307 e. The van der Waals surface area contributed by atoms with Crippen molar-refractivity contribution in [2.45, 2.75) is 19.9 Å². The summed E-state index contributed by atoms with van der Waals surface area (Å²) in [6.07, 6.45) is 1.98. The number of carboxylic acid groups (broad SMARTS) is 1. The number of fused-ring (bicyclic) bond motifs is 1. The van der Waals surface area contributed by atoms with Gasteiger partial charge in [-0.3, -0.25) is 4.79 Å². The van der Waals surface area contributed by atoms with Crippen LogP contribution in [0.3, 0.4) is 0 Å². The molecule has 0 saturated heterocycles. The van der Waals surface area contributed by atoms with Crippen LogP contribution in [0, 0.1) is 0 Å². The maximum atomic E-state index is 10.8. The third kappa shape index (κ3) is 1.85. The van der Waals surface area contributed by atoms with Crippen molar-refractivity contribution in [2.24, 2.45) is 0 Å². The molecule has 1 aromatic heterocycles. The summed E-state index contributed by atoms with van der Waals surface area (Å²) >= 11 is 3.47. The van der Waals surface area contributed by atoms with Crippen molar-refractivity contribution in [3.63, 3.8) is 0 Å². The Morgan fingerprint density at radius 1 is 1.50 bits per heavy atom. The molecule has 0 saturated carbocycles. The van der Waals surface area contributed by atoms with Crippen LogP contribution >= 0.6 is 15.9 Å². The normalized spacial score (nSPS) is 10.9. The highest BCUT2D eigenvalue weighted by Crippen LogP contribution is 2.29. The Balaban J connectivity index is 2.69. The van der Waals surface area contributed by atoms with Gasteiger partial charge < -0.3 is 9.67 Å². The summed E-state index contributed by atoms with van der Waals surface area (Å²) in [5.74, 6) is -0.800. The van der Waals surface area contributed by atoms with Crippen molar-refractivity contribution in [3.05, 3.63) is 34.4 Å². The number of aryl methyl sites for hydroxylation is 1. The van der Waals surface area contributed by atoms with Gasteiger partial charge >= 0.3 is 5.97 Å². The first-order valence-electron chi connectivity index (χ1n) is 5.11. The van der Waals surface area contributed by atoms with Gasteiger partial charge in [-0.05, 0) is 24.6 Å². The molecule has 0 aliphatic rings. The summed E-state index contributed by atoms with van der Waals surface area (Å²) in [6.45, 7) is 2.89. The summed E-state index contributed by atoms with van der Waals surface area (Å²) in [6, 6.07) is 5.91. The fourth-order valence-electron chi connectivity index (χ4n) is 1.95. The zero-order valence-corrected chi connectivity index (χ0v) is 10.5. The number of hydrogen-bond acceptors (Lipinski definition) is 1. The van der Waals surface area contributed by atoms with Gasteiger partial charge in [0.05, 0.1) is 6.42 Å². The summed E-state index contributed by atoms with van der Waals surface area (Å²) in [5.41, 5.74) is 1.94. The van der Waals surface area contributed by atoms with Gasteiger partial charge in [0.25, 0.3) is 0 Å². The lowest BCUT2D eigenvalue weighted by Crippen LogP contribution is -1.99. The Hall–Kier alpha value is -1.29. The molecule has 0 aliphatic heterocycles. The third-order valence-electron chi connectivity index (χ3n) is 2.62. The zero-order valence-electron chi connectivity index (χ0n) is 8.90. The minimum absolute atomic E-state index is 0.0616. The van der Waals surface area contributed by atoms with E-state index >= 15 is 0 Å². The van der Waals surface area contributed by atoms with Crippen molar-refractivity contribution in [1.29, 1.82) is 0 Å². The second-order valence-corrected chi connectivity index (χ2v) is 4.50. The maximum absolute atomic E-state index is 10.8. The van der Waals surface area contributed by atoms with E-state index in [1.54, 1.807) is 0 Å². The van der Waals surface area contributed by atoms with Crippen LogP contribution in [-0.4, -0.2) is 15.6 Å². The van der Waals surface area contributed by atoms with Gasteiger partial charge in [0.1, 0.15) is 0 Å². The van der Waals surface area contributed by atoms with Crippen LogP contribution in [0.4, 0.5) is 0 Å². The van der Waals surface area contributed by atoms with Crippen LogP contribution in [0.15, 0.2) is 28.9 Å². The highest BCUT2D eigenvalue weighted by atomic mass is 79.9. The second-order valence-electron chi connectivity index (χ2n) is 3.64. The minimum Gasteiger partial charge on any atom is -0.481 e. The van der Waals surface area contributed by atoms with E-state index in [-0.39, 0.29) is 6.42 Å². The van der Waals surface area contributed by atoms with E-state index in [1.807, 2.05) is 31.3 Å². The fourth-order valence-corrected chi connectivity index (χ4v) is 2.56. The van der Waals surface area contributed by atoms with Crippen LogP contribution in [-0.2, 0) is 17.8 Å². The molecule has 1 heterocycles. The SMILES string of the molecule is CCn1cc(CC(=O)O)c2c(Br)cccc21. The highest BCUT2D eigenvalue weighted by molar-refractivity contribution is 9.10. The van der Waals surface area contributed by atoms with E-state index in [0.717, 1.165) is 27.5 Å². The first-order valence-corrected chi connectivity index (χ1v) is 5.90. The fraction of sp³-hybridized carbons (Fsp3) is 0.250. The third-order valence-corrected chi connectivity index (χ3v) is 3.28. The van der Waals surface area contributed by atoms with Crippen LogP contribution in [0.2, 0.25) is 0 Å². The van der Waals surface area contributed by atoms with E-state index in [9.17, 15) is 4.79 Å². The number of benzene rings is 1. The Morgan fingerprint density at radius 2 is 2.25 bits per heavy atom. The number of aliphatic carboxylic acids is 1. The molecule has 3 nitrogen and oxygen atoms in total. The van der Waals surface area contributed by atoms with Crippen molar-refractivity contribution in [2.75, 3.05) is 0 Å². The molecule has 0 unspecified atom stereocenters. The van der Waals surface area contributed by atoms with E-state index in [2.05, 4.69) is 20.5 Å². The van der Waals surface area contributed by atoms with E-state index in [1.165, 1.54) is 0 Å². The molecule has 2 aromatic rings. The van der Waals surface area contributed by atoms with Crippen LogP contribution in [0.25, 0.3) is 10.9 Å². The average Bonchev–Trinajstić information content (AvgIpc) is 2.57. The molecule has 0 radical (unpaired) electrons. The van der Waals surface area contributed by atoms with Gasteiger partial charge in [0, 0.05) is 28.1 Å². The molecule has 0 fully saturated rings. The Bertz CT molecular complexity index is 545. The van der Waals surface area contributed by atoms with Crippen LogP contribution in [0.1, 0.15) is 12.5 Å². The smallest absolute Gasteiger partial charge is 0.307 e. The molecule has 1 N–H and O–H groups in total. The van der Waals surface area contributed by atoms with Gasteiger partial charge in [0.15, 0.2) is 0 Å². The Kier molecular flexibility index (Phi) is 3.01. The summed E-state index contributed by atoms with van der Waals surface area (Å²) in [7, 11) is 0. The summed E-state index contributed by atoms with van der Waals surface area (Å²) < 4.78 is 3.02. The predicted molar refractivity (Wildman–Crippen MR) is 66.7 cm³/mol. The first-order chi connectivity index (χ1) is 7.63. The number of nitrogens with zero attached hydrogens (tertiary/aromatic N) is 1. The topological polar surface area (TPSA) is 42.2 Å². The lowest BCUT2D eigenvalue weighted by molar-refractivity contribution is -0.136. The molecule has 2 rings (SSSR count). The molecule has 0 aliphatic carbocycles. The van der Waals surface area contributed by atoms with Crippen LogP contribution < -0.4 is 0 Å². The van der Waals surface area contributed by atoms with E-state index in [4.69, 9.17) is 5.11 Å². The molecule has 0 bridgehead atoms. The zero-order chi connectivity index (χ0) is 11.7. The number of carboxylic acids is 1. The number of hydrogen-bond donors (Lipinski definition) is 1. The molecule has 0 spiro atoms. The number of rotatable bonds is 3. The Morgan fingerprint density at radius 3 is 2.88 bits per heavy atom.